The first kappa shape index (κ1) is 20.5. The number of hydrogen-bond donors (Lipinski definition) is 3. The van der Waals surface area contributed by atoms with Gasteiger partial charge in [0.05, 0.1) is 18.1 Å². The standard InChI is InChI=1S/C22H18F3N5O/c1-30-12-18(17-4-2-3-5-20(17)30)21(31,22(23,24)25)15-6-7-19(14(8-15)9-26)29-16-10-27-13-28-11-16/h2-13,26,29,31H,1H3. The van der Waals surface area contributed by atoms with Gasteiger partial charge in [-0.05, 0) is 23.8 Å². The van der Waals surface area contributed by atoms with Crippen LogP contribution in [0.5, 0.6) is 0 Å². The summed E-state index contributed by atoms with van der Waals surface area (Å²) < 4.78 is 44.6. The number of rotatable bonds is 5. The molecule has 0 aliphatic carbocycles. The number of aryl methyl sites for hydroxylation is 1. The van der Waals surface area contributed by atoms with Crippen molar-refractivity contribution in [3.8, 4) is 0 Å². The second-order valence-electron chi connectivity index (χ2n) is 7.08. The Labute approximate surface area is 175 Å². The molecule has 2 heterocycles. The number of nitrogens with one attached hydrogen (secondary N) is 2. The Kier molecular flexibility index (Phi) is 4.98. The van der Waals surface area contributed by atoms with Crippen LogP contribution in [0.2, 0.25) is 0 Å². The Hall–Kier alpha value is -3.72. The molecule has 4 rings (SSSR count). The highest BCUT2D eigenvalue weighted by molar-refractivity contribution is 5.89. The first-order valence-corrected chi connectivity index (χ1v) is 9.26. The van der Waals surface area contributed by atoms with Crippen LogP contribution in [-0.4, -0.2) is 32.0 Å². The van der Waals surface area contributed by atoms with E-state index in [1.165, 1.54) is 37.1 Å². The molecule has 0 saturated heterocycles. The molecule has 0 aliphatic rings. The van der Waals surface area contributed by atoms with E-state index in [1.54, 1.807) is 35.9 Å². The molecule has 3 N–H and O–H groups in total. The summed E-state index contributed by atoms with van der Waals surface area (Å²) in [6.07, 6.45) is 1.55. The topological polar surface area (TPSA) is 86.8 Å². The molecular weight excluding hydrogens is 407 g/mol. The van der Waals surface area contributed by atoms with Crippen molar-refractivity contribution >= 4 is 28.5 Å². The van der Waals surface area contributed by atoms with E-state index in [4.69, 9.17) is 5.41 Å². The first-order chi connectivity index (χ1) is 14.8. The van der Waals surface area contributed by atoms with Crippen molar-refractivity contribution in [1.82, 2.24) is 14.5 Å². The molecule has 2 aromatic heterocycles. The van der Waals surface area contributed by atoms with E-state index in [9.17, 15) is 18.3 Å². The maximum Gasteiger partial charge on any atom is 0.425 e. The molecule has 0 spiro atoms. The third-order valence-electron chi connectivity index (χ3n) is 5.16. The summed E-state index contributed by atoms with van der Waals surface area (Å²) in [6.45, 7) is 0. The van der Waals surface area contributed by atoms with E-state index >= 15 is 0 Å². The Morgan fingerprint density at radius 1 is 1.10 bits per heavy atom. The van der Waals surface area contributed by atoms with Crippen LogP contribution in [0.1, 0.15) is 16.7 Å². The third-order valence-corrected chi connectivity index (χ3v) is 5.16. The van der Waals surface area contributed by atoms with Crippen molar-refractivity contribution in [3.63, 3.8) is 0 Å². The molecule has 6 nitrogen and oxygen atoms in total. The van der Waals surface area contributed by atoms with E-state index in [1.807, 2.05) is 0 Å². The second kappa shape index (κ2) is 7.51. The van der Waals surface area contributed by atoms with Gasteiger partial charge in [0, 0.05) is 47.2 Å². The molecule has 4 aromatic rings. The Bertz CT molecular complexity index is 1250. The SMILES string of the molecule is Cn1cc(C(O)(c2ccc(Nc3cncnc3)c(C=N)c2)C(F)(F)F)c2ccccc21. The van der Waals surface area contributed by atoms with Crippen LogP contribution in [0, 0.1) is 5.41 Å². The molecule has 158 valence electrons. The Balaban J connectivity index is 1.88. The minimum atomic E-state index is -5.00. The summed E-state index contributed by atoms with van der Waals surface area (Å²) in [4.78, 5) is 7.75. The summed E-state index contributed by atoms with van der Waals surface area (Å²) in [5.41, 5.74) is -2.29. The summed E-state index contributed by atoms with van der Waals surface area (Å²) in [5, 5.41) is 22.1. The molecular formula is C22H18F3N5O. The van der Waals surface area contributed by atoms with Crippen LogP contribution in [-0.2, 0) is 12.6 Å². The van der Waals surface area contributed by atoms with Gasteiger partial charge in [-0.3, -0.25) is 0 Å². The van der Waals surface area contributed by atoms with Gasteiger partial charge < -0.3 is 20.4 Å². The lowest BCUT2D eigenvalue weighted by molar-refractivity contribution is -0.247. The predicted molar refractivity (Wildman–Crippen MR) is 112 cm³/mol. The van der Waals surface area contributed by atoms with Crippen LogP contribution in [0.3, 0.4) is 0 Å². The zero-order chi connectivity index (χ0) is 22.2. The molecule has 0 saturated carbocycles. The number of para-hydroxylation sites is 1. The van der Waals surface area contributed by atoms with Crippen molar-refractivity contribution in [2.45, 2.75) is 11.8 Å². The van der Waals surface area contributed by atoms with Gasteiger partial charge in [-0.15, -0.1) is 0 Å². The smallest absolute Gasteiger partial charge is 0.372 e. The van der Waals surface area contributed by atoms with Crippen LogP contribution < -0.4 is 5.32 Å². The van der Waals surface area contributed by atoms with Gasteiger partial charge >= 0.3 is 6.18 Å². The van der Waals surface area contributed by atoms with E-state index in [0.29, 0.717) is 22.3 Å². The molecule has 0 radical (unpaired) electrons. The summed E-state index contributed by atoms with van der Waals surface area (Å²) >= 11 is 0. The number of fused-ring (bicyclic) bond motifs is 1. The lowest BCUT2D eigenvalue weighted by Crippen LogP contribution is -2.43. The number of nitrogens with zero attached hydrogens (tertiary/aromatic N) is 3. The van der Waals surface area contributed by atoms with E-state index < -0.39 is 11.8 Å². The van der Waals surface area contributed by atoms with Crippen molar-refractivity contribution in [3.05, 3.63) is 84.1 Å². The van der Waals surface area contributed by atoms with Gasteiger partial charge in [-0.1, -0.05) is 24.3 Å². The maximum atomic E-state index is 14.3. The van der Waals surface area contributed by atoms with Crippen LogP contribution in [0.25, 0.3) is 10.9 Å². The molecule has 31 heavy (non-hydrogen) atoms. The zero-order valence-corrected chi connectivity index (χ0v) is 16.4. The fraction of sp³-hybridized carbons (Fsp3) is 0.136. The maximum absolute atomic E-state index is 14.3. The van der Waals surface area contributed by atoms with Gasteiger partial charge in [-0.25, -0.2) is 9.97 Å². The molecule has 1 atom stereocenters. The van der Waals surface area contributed by atoms with E-state index in [2.05, 4.69) is 15.3 Å². The first-order valence-electron chi connectivity index (χ1n) is 9.26. The lowest BCUT2D eigenvalue weighted by atomic mass is 9.84. The van der Waals surface area contributed by atoms with E-state index in [0.717, 1.165) is 12.3 Å². The lowest BCUT2D eigenvalue weighted by Gasteiger charge is -2.31. The number of benzene rings is 2. The summed E-state index contributed by atoms with van der Waals surface area (Å²) in [5.74, 6) is 0. The van der Waals surface area contributed by atoms with Crippen LogP contribution in [0.4, 0.5) is 24.5 Å². The third kappa shape index (κ3) is 3.42. The van der Waals surface area contributed by atoms with Crippen molar-refractivity contribution < 1.29 is 18.3 Å². The van der Waals surface area contributed by atoms with Gasteiger partial charge in [0.25, 0.3) is 0 Å². The number of halogens is 3. The molecule has 1 unspecified atom stereocenters. The Morgan fingerprint density at radius 3 is 2.48 bits per heavy atom. The van der Waals surface area contributed by atoms with Gasteiger partial charge in [0.1, 0.15) is 6.33 Å². The second-order valence-corrected chi connectivity index (χ2v) is 7.08. The minimum Gasteiger partial charge on any atom is -0.372 e. The highest BCUT2D eigenvalue weighted by atomic mass is 19.4. The monoisotopic (exact) mass is 425 g/mol. The highest BCUT2D eigenvalue weighted by Crippen LogP contribution is 2.47. The fourth-order valence-electron chi connectivity index (χ4n) is 3.64. The normalized spacial score (nSPS) is 13.7. The van der Waals surface area contributed by atoms with Gasteiger partial charge in [0.2, 0.25) is 5.60 Å². The van der Waals surface area contributed by atoms with Gasteiger partial charge in [0.15, 0.2) is 0 Å². The molecule has 0 fully saturated rings. The largest absolute Gasteiger partial charge is 0.425 e. The van der Waals surface area contributed by atoms with E-state index in [-0.39, 0.29) is 16.7 Å². The Morgan fingerprint density at radius 2 is 1.81 bits per heavy atom. The zero-order valence-electron chi connectivity index (χ0n) is 16.4. The average Bonchev–Trinajstić information content (AvgIpc) is 3.10. The van der Waals surface area contributed by atoms with Crippen molar-refractivity contribution in [2.75, 3.05) is 5.32 Å². The molecule has 2 aromatic carbocycles. The number of aromatic nitrogens is 3. The fourth-order valence-corrected chi connectivity index (χ4v) is 3.64. The molecule has 9 heteroatoms. The van der Waals surface area contributed by atoms with Crippen LogP contribution in [0.15, 0.2) is 67.4 Å². The highest BCUT2D eigenvalue weighted by Gasteiger charge is 2.57. The number of alkyl halides is 3. The van der Waals surface area contributed by atoms with Crippen molar-refractivity contribution in [2.24, 2.45) is 7.05 Å². The predicted octanol–water partition coefficient (Wildman–Crippen LogP) is 4.51. The summed E-state index contributed by atoms with van der Waals surface area (Å²) in [7, 11) is 1.63. The summed E-state index contributed by atoms with van der Waals surface area (Å²) in [6, 6.07) is 10.3. The van der Waals surface area contributed by atoms with Crippen molar-refractivity contribution in [1.29, 1.82) is 5.41 Å². The number of hydrogen-bond acceptors (Lipinski definition) is 5. The quantitative estimate of drug-likeness (QED) is 0.411. The molecule has 0 amide bonds. The average molecular weight is 425 g/mol. The molecule has 0 bridgehead atoms. The number of aliphatic hydroxyl groups is 1. The van der Waals surface area contributed by atoms with Crippen LogP contribution >= 0.6 is 0 Å². The minimum absolute atomic E-state index is 0.171. The number of anilines is 2. The van der Waals surface area contributed by atoms with Gasteiger partial charge in [-0.2, -0.15) is 13.2 Å². The molecule has 0 aliphatic heterocycles.